The molecule has 21 heavy (non-hydrogen) atoms. The normalized spacial score (nSPS) is 23.8. The van der Waals surface area contributed by atoms with Gasteiger partial charge in [0.2, 0.25) is 11.8 Å². The van der Waals surface area contributed by atoms with Gasteiger partial charge in [-0.1, -0.05) is 12.1 Å². The molecule has 0 aromatic heterocycles. The minimum Gasteiger partial charge on any atom is -0.399 e. The second kappa shape index (κ2) is 5.39. The summed E-state index contributed by atoms with van der Waals surface area (Å²) in [6.45, 7) is 0.703. The van der Waals surface area contributed by atoms with E-state index in [1.54, 1.807) is 0 Å². The van der Waals surface area contributed by atoms with E-state index in [2.05, 4.69) is 10.6 Å². The highest BCUT2D eigenvalue weighted by Gasteiger charge is 2.51. The van der Waals surface area contributed by atoms with Crippen molar-refractivity contribution >= 4 is 17.5 Å². The Kier molecular flexibility index (Phi) is 3.57. The van der Waals surface area contributed by atoms with Gasteiger partial charge in [0.05, 0.1) is 5.41 Å². The summed E-state index contributed by atoms with van der Waals surface area (Å²) in [7, 11) is 0. The Bertz CT molecular complexity index is 549. The molecule has 5 nitrogen and oxygen atoms in total. The van der Waals surface area contributed by atoms with E-state index in [1.807, 2.05) is 24.3 Å². The molecule has 3 rings (SSSR count). The van der Waals surface area contributed by atoms with Crippen LogP contribution < -0.4 is 16.4 Å². The van der Waals surface area contributed by atoms with Gasteiger partial charge in [-0.3, -0.25) is 9.59 Å². The SMILES string of the molecule is Nc1ccc(C2(C(=O)NC3CCCCNC3=O)CC2)cc1. The molecular weight excluding hydrogens is 266 g/mol. The van der Waals surface area contributed by atoms with Crippen LogP contribution in [0.1, 0.15) is 37.7 Å². The van der Waals surface area contributed by atoms with Crippen molar-refractivity contribution in [1.82, 2.24) is 10.6 Å². The average Bonchev–Trinajstić information content (AvgIpc) is 3.28. The number of anilines is 1. The Balaban J connectivity index is 1.72. The molecule has 1 aliphatic carbocycles. The molecule has 5 heteroatoms. The third-order valence-electron chi connectivity index (χ3n) is 4.49. The summed E-state index contributed by atoms with van der Waals surface area (Å²) in [5.41, 5.74) is 6.92. The maximum atomic E-state index is 12.6. The molecule has 0 radical (unpaired) electrons. The molecule has 4 N–H and O–H groups in total. The number of nitrogens with two attached hydrogens (primary N) is 1. The highest BCUT2D eigenvalue weighted by Crippen LogP contribution is 2.48. The van der Waals surface area contributed by atoms with Gasteiger partial charge in [-0.05, 0) is 49.8 Å². The van der Waals surface area contributed by atoms with E-state index >= 15 is 0 Å². The third-order valence-corrected chi connectivity index (χ3v) is 4.49. The summed E-state index contributed by atoms with van der Waals surface area (Å²) in [6, 6.07) is 7.07. The lowest BCUT2D eigenvalue weighted by atomic mass is 9.94. The van der Waals surface area contributed by atoms with Crippen molar-refractivity contribution in [2.45, 2.75) is 43.6 Å². The number of rotatable bonds is 3. The predicted octanol–water partition coefficient (Wildman–Crippen LogP) is 1.09. The first kappa shape index (κ1) is 13.9. The van der Waals surface area contributed by atoms with E-state index in [9.17, 15) is 9.59 Å². The molecule has 1 heterocycles. The number of hydrogen-bond acceptors (Lipinski definition) is 3. The second-order valence-corrected chi connectivity index (χ2v) is 6.02. The van der Waals surface area contributed by atoms with Crippen LogP contribution in [0.4, 0.5) is 5.69 Å². The smallest absolute Gasteiger partial charge is 0.242 e. The summed E-state index contributed by atoms with van der Waals surface area (Å²) in [6.07, 6.45) is 4.31. The van der Waals surface area contributed by atoms with Crippen LogP contribution in [0.25, 0.3) is 0 Å². The number of hydrogen-bond donors (Lipinski definition) is 3. The van der Waals surface area contributed by atoms with E-state index in [0.29, 0.717) is 12.2 Å². The van der Waals surface area contributed by atoms with Crippen molar-refractivity contribution < 1.29 is 9.59 Å². The third kappa shape index (κ3) is 2.73. The quantitative estimate of drug-likeness (QED) is 0.727. The minimum atomic E-state index is -0.458. The Morgan fingerprint density at radius 3 is 2.62 bits per heavy atom. The number of carbonyl (C=O) groups excluding carboxylic acids is 2. The maximum Gasteiger partial charge on any atom is 0.242 e. The zero-order chi connectivity index (χ0) is 14.9. The minimum absolute atomic E-state index is 0.0330. The molecule has 0 bridgehead atoms. The van der Waals surface area contributed by atoms with Gasteiger partial charge >= 0.3 is 0 Å². The van der Waals surface area contributed by atoms with Gasteiger partial charge in [-0.15, -0.1) is 0 Å². The van der Waals surface area contributed by atoms with Crippen LogP contribution in [0.3, 0.4) is 0 Å². The van der Waals surface area contributed by atoms with Crippen molar-refractivity contribution in [3.63, 3.8) is 0 Å². The average molecular weight is 287 g/mol. The summed E-state index contributed by atoms with van der Waals surface area (Å²) in [5, 5.41) is 5.79. The molecule has 0 spiro atoms. The number of carbonyl (C=O) groups is 2. The van der Waals surface area contributed by atoms with E-state index in [4.69, 9.17) is 5.73 Å². The molecular formula is C16H21N3O2. The predicted molar refractivity (Wildman–Crippen MR) is 80.6 cm³/mol. The van der Waals surface area contributed by atoms with E-state index in [0.717, 1.165) is 37.7 Å². The van der Waals surface area contributed by atoms with Crippen LogP contribution in [-0.4, -0.2) is 24.4 Å². The molecule has 1 unspecified atom stereocenters. The second-order valence-electron chi connectivity index (χ2n) is 6.02. The molecule has 2 amide bonds. The molecule has 1 atom stereocenters. The van der Waals surface area contributed by atoms with Gasteiger partial charge in [0, 0.05) is 12.2 Å². The molecule has 2 fully saturated rings. The highest BCUT2D eigenvalue weighted by molar-refractivity contribution is 5.95. The Morgan fingerprint density at radius 2 is 1.95 bits per heavy atom. The monoisotopic (exact) mass is 287 g/mol. The lowest BCUT2D eigenvalue weighted by Gasteiger charge is -2.21. The fourth-order valence-electron chi connectivity index (χ4n) is 2.95. The number of nitrogen functional groups attached to an aromatic ring is 1. The van der Waals surface area contributed by atoms with Crippen molar-refractivity contribution in [3.05, 3.63) is 29.8 Å². The van der Waals surface area contributed by atoms with Gasteiger partial charge in [0.1, 0.15) is 6.04 Å². The molecule has 1 aromatic carbocycles. The van der Waals surface area contributed by atoms with Gasteiger partial charge in [-0.25, -0.2) is 0 Å². The molecule has 1 aromatic rings. The summed E-state index contributed by atoms with van der Waals surface area (Å²) < 4.78 is 0. The number of amides is 2. The Labute approximate surface area is 124 Å². The molecule has 112 valence electrons. The van der Waals surface area contributed by atoms with Crippen LogP contribution >= 0.6 is 0 Å². The maximum absolute atomic E-state index is 12.6. The highest BCUT2D eigenvalue weighted by atomic mass is 16.2. The van der Waals surface area contributed by atoms with Crippen molar-refractivity contribution in [3.8, 4) is 0 Å². The first-order valence-electron chi connectivity index (χ1n) is 7.56. The van der Waals surface area contributed by atoms with Crippen LogP contribution in [0.15, 0.2) is 24.3 Å². The first-order valence-corrected chi connectivity index (χ1v) is 7.56. The van der Waals surface area contributed by atoms with Crippen LogP contribution in [-0.2, 0) is 15.0 Å². The summed E-state index contributed by atoms with van der Waals surface area (Å²) >= 11 is 0. The largest absolute Gasteiger partial charge is 0.399 e. The van der Waals surface area contributed by atoms with E-state index in [1.165, 1.54) is 0 Å². The van der Waals surface area contributed by atoms with Gasteiger partial charge in [0.15, 0.2) is 0 Å². The lowest BCUT2D eigenvalue weighted by Crippen LogP contribution is -2.48. The Hall–Kier alpha value is -2.04. The summed E-state index contributed by atoms with van der Waals surface area (Å²) in [5.74, 6) is -0.0942. The van der Waals surface area contributed by atoms with Gasteiger partial charge in [-0.2, -0.15) is 0 Å². The standard InChI is InChI=1S/C16H21N3O2/c17-12-6-4-11(5-7-12)16(8-9-16)15(21)19-13-3-1-2-10-18-14(13)20/h4-7,13H,1-3,8-10,17H2,(H,18,20)(H,19,21). The number of benzene rings is 1. The van der Waals surface area contributed by atoms with Crippen LogP contribution in [0.5, 0.6) is 0 Å². The van der Waals surface area contributed by atoms with Gasteiger partial charge < -0.3 is 16.4 Å². The van der Waals surface area contributed by atoms with Crippen molar-refractivity contribution in [1.29, 1.82) is 0 Å². The zero-order valence-corrected chi connectivity index (χ0v) is 12.0. The number of nitrogens with one attached hydrogen (secondary N) is 2. The molecule has 1 saturated heterocycles. The summed E-state index contributed by atoms with van der Waals surface area (Å²) in [4.78, 5) is 24.6. The van der Waals surface area contributed by atoms with Crippen molar-refractivity contribution in [2.24, 2.45) is 0 Å². The lowest BCUT2D eigenvalue weighted by molar-refractivity contribution is -0.130. The fourth-order valence-corrected chi connectivity index (χ4v) is 2.95. The van der Waals surface area contributed by atoms with Crippen LogP contribution in [0, 0.1) is 0 Å². The zero-order valence-electron chi connectivity index (χ0n) is 12.0. The Morgan fingerprint density at radius 1 is 1.24 bits per heavy atom. The van der Waals surface area contributed by atoms with Gasteiger partial charge in [0.25, 0.3) is 0 Å². The van der Waals surface area contributed by atoms with E-state index in [-0.39, 0.29) is 11.8 Å². The first-order chi connectivity index (χ1) is 10.1. The van der Waals surface area contributed by atoms with E-state index < -0.39 is 11.5 Å². The van der Waals surface area contributed by atoms with Crippen LogP contribution in [0.2, 0.25) is 0 Å². The molecule has 1 aliphatic heterocycles. The molecule has 1 saturated carbocycles. The topological polar surface area (TPSA) is 84.2 Å². The fraction of sp³-hybridized carbons (Fsp3) is 0.500. The van der Waals surface area contributed by atoms with Crippen molar-refractivity contribution in [2.75, 3.05) is 12.3 Å². The molecule has 2 aliphatic rings.